The quantitative estimate of drug-likeness (QED) is 0.179. The lowest BCUT2D eigenvalue weighted by molar-refractivity contribution is 0.655. The van der Waals surface area contributed by atoms with Gasteiger partial charge < -0.3 is 4.42 Å². The maximum Gasteiger partial charge on any atom is 0.228 e. The fourth-order valence-electron chi connectivity index (χ4n) is 7.80. The van der Waals surface area contributed by atoms with E-state index in [4.69, 9.17) is 19.4 Å². The zero-order valence-corrected chi connectivity index (χ0v) is 29.7. The minimum Gasteiger partial charge on any atom is -0.438 e. The summed E-state index contributed by atoms with van der Waals surface area (Å²) in [5.74, 6) is 0.684. The van der Waals surface area contributed by atoms with Crippen LogP contribution in [0.3, 0.4) is 0 Å². The topological polar surface area (TPSA) is 51.8 Å². The zero-order valence-electron chi connectivity index (χ0n) is 28.9. The average molecular weight is 708 g/mol. The summed E-state index contributed by atoms with van der Waals surface area (Å²) in [6, 6.07) is 61.4. The van der Waals surface area contributed by atoms with E-state index in [1.54, 1.807) is 0 Å². The third-order valence-corrected chi connectivity index (χ3v) is 11.6. The number of thiophene rings is 1. The van der Waals surface area contributed by atoms with Crippen LogP contribution in [0.5, 0.6) is 0 Å². The van der Waals surface area contributed by atoms with E-state index in [0.29, 0.717) is 11.5 Å². The van der Waals surface area contributed by atoms with Gasteiger partial charge in [-0.1, -0.05) is 158 Å². The molecule has 0 radical (unpaired) electrons. The Kier molecular flexibility index (Phi) is 7.00. The summed E-state index contributed by atoms with van der Waals surface area (Å²) in [5, 5.41) is 6.80. The van der Waals surface area contributed by atoms with Crippen LogP contribution in [0.4, 0.5) is 0 Å². The molecule has 7 aromatic carbocycles. The largest absolute Gasteiger partial charge is 0.438 e. The monoisotopic (exact) mass is 707 g/mol. The highest BCUT2D eigenvalue weighted by Crippen LogP contribution is 2.44. The van der Waals surface area contributed by atoms with Crippen molar-refractivity contribution in [3.8, 4) is 56.3 Å². The Balaban J connectivity index is 1.11. The van der Waals surface area contributed by atoms with Gasteiger partial charge in [0.2, 0.25) is 5.71 Å². The van der Waals surface area contributed by atoms with Crippen LogP contribution in [0.25, 0.3) is 109 Å². The molecular formula is C49H29N3OS. The van der Waals surface area contributed by atoms with Crippen molar-refractivity contribution in [2.24, 2.45) is 0 Å². The molecule has 11 aromatic rings. The van der Waals surface area contributed by atoms with Crippen LogP contribution in [0, 0.1) is 0 Å². The van der Waals surface area contributed by atoms with Crippen molar-refractivity contribution < 1.29 is 4.42 Å². The molecule has 0 saturated carbocycles. The third kappa shape index (κ3) is 4.94. The first-order valence-corrected chi connectivity index (χ1v) is 18.8. The molecule has 0 aliphatic carbocycles. The second-order valence-electron chi connectivity index (χ2n) is 13.5. The zero-order chi connectivity index (χ0) is 35.6. The molecule has 0 amide bonds. The highest BCUT2D eigenvalue weighted by Gasteiger charge is 2.19. The van der Waals surface area contributed by atoms with Gasteiger partial charge in [0.25, 0.3) is 0 Å². The molecule has 0 unspecified atom stereocenters. The van der Waals surface area contributed by atoms with Crippen molar-refractivity contribution in [3.63, 3.8) is 0 Å². The van der Waals surface area contributed by atoms with Crippen molar-refractivity contribution in [2.75, 3.05) is 0 Å². The lowest BCUT2D eigenvalue weighted by Gasteiger charge is -2.12. The molecule has 0 fully saturated rings. The Labute approximate surface area is 314 Å². The van der Waals surface area contributed by atoms with Crippen LogP contribution < -0.4 is 0 Å². The summed E-state index contributed by atoms with van der Waals surface area (Å²) in [7, 11) is 0. The summed E-state index contributed by atoms with van der Waals surface area (Å²) in [5.41, 5.74) is 10.6. The summed E-state index contributed by atoms with van der Waals surface area (Å²) in [4.78, 5) is 15.6. The number of furan rings is 1. The van der Waals surface area contributed by atoms with Gasteiger partial charge in [0, 0.05) is 53.2 Å². The van der Waals surface area contributed by atoms with Crippen LogP contribution >= 0.6 is 11.3 Å². The molecule has 0 saturated heterocycles. The molecule has 0 atom stereocenters. The van der Waals surface area contributed by atoms with Crippen LogP contribution in [0.15, 0.2) is 180 Å². The highest BCUT2D eigenvalue weighted by molar-refractivity contribution is 7.26. The number of nitrogens with zero attached hydrogens (tertiary/aromatic N) is 3. The van der Waals surface area contributed by atoms with E-state index in [-0.39, 0.29) is 0 Å². The molecule has 4 aromatic heterocycles. The molecule has 0 bridgehead atoms. The van der Waals surface area contributed by atoms with Gasteiger partial charge in [-0.05, 0) is 34.7 Å². The van der Waals surface area contributed by atoms with Crippen molar-refractivity contribution in [2.45, 2.75) is 0 Å². The summed E-state index contributed by atoms with van der Waals surface area (Å²) in [6.07, 6.45) is 0. The lowest BCUT2D eigenvalue weighted by atomic mass is 9.98. The summed E-state index contributed by atoms with van der Waals surface area (Å²) in [6.45, 7) is 0. The third-order valence-electron chi connectivity index (χ3n) is 10.3. The minimum atomic E-state index is 0.637. The smallest absolute Gasteiger partial charge is 0.228 e. The second kappa shape index (κ2) is 12.3. The number of para-hydroxylation sites is 1. The van der Waals surface area contributed by atoms with Gasteiger partial charge in [-0.3, -0.25) is 0 Å². The normalized spacial score (nSPS) is 11.7. The summed E-state index contributed by atoms with van der Waals surface area (Å²) < 4.78 is 8.81. The van der Waals surface area contributed by atoms with Crippen molar-refractivity contribution in [1.82, 2.24) is 15.0 Å². The Morgan fingerprint density at radius 1 is 0.389 bits per heavy atom. The molecule has 0 aliphatic heterocycles. The van der Waals surface area contributed by atoms with Gasteiger partial charge in [0.15, 0.2) is 5.82 Å². The maximum absolute atomic E-state index is 6.33. The Morgan fingerprint density at radius 2 is 0.963 bits per heavy atom. The number of pyridine rings is 1. The highest BCUT2D eigenvalue weighted by atomic mass is 32.1. The Hall–Kier alpha value is -6.95. The molecule has 0 spiro atoms. The first-order chi connectivity index (χ1) is 26.8. The van der Waals surface area contributed by atoms with Crippen molar-refractivity contribution >= 4 is 64.4 Å². The molecular weight excluding hydrogens is 679 g/mol. The summed E-state index contributed by atoms with van der Waals surface area (Å²) >= 11 is 1.83. The molecule has 252 valence electrons. The Morgan fingerprint density at radius 3 is 1.76 bits per heavy atom. The van der Waals surface area contributed by atoms with Crippen LogP contribution in [0.2, 0.25) is 0 Å². The predicted molar refractivity (Wildman–Crippen MR) is 225 cm³/mol. The lowest BCUT2D eigenvalue weighted by Crippen LogP contribution is -1.96. The van der Waals surface area contributed by atoms with E-state index in [9.17, 15) is 0 Å². The number of hydrogen-bond donors (Lipinski definition) is 0. The molecule has 54 heavy (non-hydrogen) atoms. The molecule has 0 N–H and O–H groups in total. The van der Waals surface area contributed by atoms with E-state index in [1.807, 2.05) is 47.7 Å². The van der Waals surface area contributed by atoms with E-state index >= 15 is 0 Å². The SMILES string of the molecule is c1ccc(-c2nc(-c3cccc(-c4nc5oc6ccccc6c5c5ccccc45)c3)cc(-c3cccc4c3sc3c(-c5ccccc5)cccc34)n2)cc1. The van der Waals surface area contributed by atoms with E-state index < -0.39 is 0 Å². The molecule has 11 rings (SSSR count). The number of benzene rings is 7. The van der Waals surface area contributed by atoms with Crippen LogP contribution in [0.1, 0.15) is 0 Å². The van der Waals surface area contributed by atoms with Gasteiger partial charge in [-0.15, -0.1) is 11.3 Å². The number of aromatic nitrogens is 3. The van der Waals surface area contributed by atoms with Gasteiger partial charge >= 0.3 is 0 Å². The standard InChI is InChI=1S/C49H29N3OS/c1-3-14-30(15-4-1)34-23-12-24-37-38-25-13-26-39(47(38)54-46(34)37)42-29-41(50-48(51-42)31-16-5-2-6-17-31)32-18-11-19-33(28-32)45-36-21-8-7-20-35(36)44-40-22-9-10-27-43(40)53-49(44)52-45/h1-29H. The molecule has 4 heterocycles. The first-order valence-electron chi connectivity index (χ1n) is 18.0. The first kappa shape index (κ1) is 30.7. The number of fused-ring (bicyclic) bond motifs is 8. The van der Waals surface area contributed by atoms with E-state index in [0.717, 1.165) is 66.5 Å². The second-order valence-corrected chi connectivity index (χ2v) is 14.5. The van der Waals surface area contributed by atoms with Gasteiger partial charge in [0.05, 0.1) is 22.5 Å². The number of hydrogen-bond acceptors (Lipinski definition) is 5. The van der Waals surface area contributed by atoms with Gasteiger partial charge in [-0.25, -0.2) is 15.0 Å². The molecule has 5 heteroatoms. The average Bonchev–Trinajstić information content (AvgIpc) is 3.83. The fourth-order valence-corrected chi connectivity index (χ4v) is 9.16. The van der Waals surface area contributed by atoms with Gasteiger partial charge in [-0.2, -0.15) is 0 Å². The van der Waals surface area contributed by atoms with Gasteiger partial charge in [0.1, 0.15) is 5.58 Å². The minimum absolute atomic E-state index is 0.637. The maximum atomic E-state index is 6.33. The van der Waals surface area contributed by atoms with Crippen molar-refractivity contribution in [3.05, 3.63) is 176 Å². The van der Waals surface area contributed by atoms with Crippen molar-refractivity contribution in [1.29, 1.82) is 0 Å². The number of rotatable bonds is 5. The predicted octanol–water partition coefficient (Wildman–Crippen LogP) is 13.6. The fraction of sp³-hybridized carbons (Fsp3) is 0. The van der Waals surface area contributed by atoms with Crippen LogP contribution in [-0.2, 0) is 0 Å². The molecule has 0 aliphatic rings. The van der Waals surface area contributed by atoms with E-state index in [2.05, 4.69) is 140 Å². The molecule has 4 nitrogen and oxygen atoms in total. The Bertz CT molecular complexity index is 3220. The van der Waals surface area contributed by atoms with Crippen LogP contribution in [-0.4, -0.2) is 15.0 Å². The van der Waals surface area contributed by atoms with E-state index in [1.165, 1.54) is 31.3 Å².